The van der Waals surface area contributed by atoms with Crippen molar-refractivity contribution in [1.82, 2.24) is 29.8 Å². The molecule has 0 aliphatic rings. The summed E-state index contributed by atoms with van der Waals surface area (Å²) in [6, 6.07) is 5.37. The number of hydrogen-bond donors (Lipinski definition) is 0. The summed E-state index contributed by atoms with van der Waals surface area (Å²) in [5.41, 5.74) is 0.558. The summed E-state index contributed by atoms with van der Waals surface area (Å²) >= 11 is 0. The molecule has 2 aromatic heterocycles. The van der Waals surface area contributed by atoms with Crippen molar-refractivity contribution in [2.45, 2.75) is 19.8 Å². The number of hydrogen-bond acceptors (Lipinski definition) is 5. The van der Waals surface area contributed by atoms with Gasteiger partial charge in [-0.15, -0.1) is 13.2 Å². The standard InChI is InChI=1S/C13H11F3N6O/c1-9-19-12(8-21-17-6-7-18-21)22(20-9)10-2-4-11(5-3-10)23-13(14,15)16/h2-7H,8H2,1H3. The van der Waals surface area contributed by atoms with Gasteiger partial charge in [-0.25, -0.2) is 9.67 Å². The molecule has 0 bridgehead atoms. The van der Waals surface area contributed by atoms with Crippen LogP contribution in [-0.2, 0) is 6.54 Å². The van der Waals surface area contributed by atoms with Crippen LogP contribution in [0.3, 0.4) is 0 Å². The van der Waals surface area contributed by atoms with Gasteiger partial charge in [0.15, 0.2) is 5.82 Å². The number of halogens is 3. The number of nitrogens with zero attached hydrogens (tertiary/aromatic N) is 6. The highest BCUT2D eigenvalue weighted by Gasteiger charge is 2.31. The molecule has 0 aliphatic carbocycles. The van der Waals surface area contributed by atoms with E-state index in [4.69, 9.17) is 0 Å². The molecule has 0 unspecified atom stereocenters. The minimum absolute atomic E-state index is 0.286. The van der Waals surface area contributed by atoms with Gasteiger partial charge in [-0.1, -0.05) is 0 Å². The molecule has 0 aliphatic heterocycles. The minimum atomic E-state index is -4.72. The molecule has 0 saturated heterocycles. The monoisotopic (exact) mass is 324 g/mol. The molecule has 7 nitrogen and oxygen atoms in total. The van der Waals surface area contributed by atoms with Crippen molar-refractivity contribution in [2.24, 2.45) is 0 Å². The van der Waals surface area contributed by atoms with Crippen LogP contribution in [0.2, 0.25) is 0 Å². The number of alkyl halides is 3. The van der Waals surface area contributed by atoms with E-state index in [9.17, 15) is 13.2 Å². The van der Waals surface area contributed by atoms with Gasteiger partial charge in [0, 0.05) is 0 Å². The van der Waals surface area contributed by atoms with Crippen LogP contribution >= 0.6 is 0 Å². The predicted octanol–water partition coefficient (Wildman–Crippen LogP) is 2.11. The fraction of sp³-hybridized carbons (Fsp3) is 0.231. The van der Waals surface area contributed by atoms with Crippen LogP contribution in [0.5, 0.6) is 5.75 Å². The summed E-state index contributed by atoms with van der Waals surface area (Å²) in [6.45, 7) is 2.01. The third kappa shape index (κ3) is 3.65. The number of aryl methyl sites for hydroxylation is 1. The van der Waals surface area contributed by atoms with Crippen molar-refractivity contribution in [3.05, 3.63) is 48.3 Å². The summed E-state index contributed by atoms with van der Waals surface area (Å²) < 4.78 is 41.9. The number of benzene rings is 1. The third-order valence-corrected chi connectivity index (χ3v) is 2.84. The summed E-state index contributed by atoms with van der Waals surface area (Å²) in [5.74, 6) is 0.791. The largest absolute Gasteiger partial charge is 0.573 e. The first-order valence-electron chi connectivity index (χ1n) is 6.53. The van der Waals surface area contributed by atoms with Crippen molar-refractivity contribution in [1.29, 1.82) is 0 Å². The van der Waals surface area contributed by atoms with Crippen LogP contribution in [-0.4, -0.2) is 36.1 Å². The molecule has 0 N–H and O–H groups in total. The number of aromatic nitrogens is 6. The SMILES string of the molecule is Cc1nc(Cn2nccn2)n(-c2ccc(OC(F)(F)F)cc2)n1. The first-order chi connectivity index (χ1) is 10.9. The molecule has 0 spiro atoms. The average molecular weight is 324 g/mol. The minimum Gasteiger partial charge on any atom is -0.406 e. The second-order valence-corrected chi connectivity index (χ2v) is 4.59. The van der Waals surface area contributed by atoms with Crippen LogP contribution in [0.4, 0.5) is 13.2 Å². The summed E-state index contributed by atoms with van der Waals surface area (Å²) in [5, 5.41) is 12.2. The van der Waals surface area contributed by atoms with Gasteiger partial charge in [-0.05, 0) is 31.2 Å². The summed E-state index contributed by atoms with van der Waals surface area (Å²) in [4.78, 5) is 5.72. The highest BCUT2D eigenvalue weighted by molar-refractivity contribution is 5.37. The molecule has 120 valence electrons. The molecular formula is C13H11F3N6O. The lowest BCUT2D eigenvalue weighted by Crippen LogP contribution is -2.17. The Balaban J connectivity index is 1.86. The van der Waals surface area contributed by atoms with Crippen LogP contribution in [0.25, 0.3) is 5.69 Å². The van der Waals surface area contributed by atoms with Gasteiger partial charge >= 0.3 is 6.36 Å². The fourth-order valence-corrected chi connectivity index (χ4v) is 2.01. The van der Waals surface area contributed by atoms with E-state index in [1.165, 1.54) is 46.1 Å². The van der Waals surface area contributed by atoms with Gasteiger partial charge in [-0.3, -0.25) is 0 Å². The Kier molecular flexibility index (Phi) is 3.72. The van der Waals surface area contributed by atoms with E-state index in [0.29, 0.717) is 17.3 Å². The first-order valence-corrected chi connectivity index (χ1v) is 6.53. The van der Waals surface area contributed by atoms with E-state index < -0.39 is 6.36 Å². The summed E-state index contributed by atoms with van der Waals surface area (Å²) in [6.07, 6.45) is -1.64. The van der Waals surface area contributed by atoms with E-state index in [-0.39, 0.29) is 12.3 Å². The van der Waals surface area contributed by atoms with Crippen molar-refractivity contribution in [3.63, 3.8) is 0 Å². The Morgan fingerprint density at radius 2 is 1.74 bits per heavy atom. The van der Waals surface area contributed by atoms with Gasteiger partial charge in [-0.2, -0.15) is 20.1 Å². The molecule has 0 saturated carbocycles. The third-order valence-electron chi connectivity index (χ3n) is 2.84. The van der Waals surface area contributed by atoms with Crippen LogP contribution < -0.4 is 4.74 Å². The Morgan fingerprint density at radius 1 is 1.09 bits per heavy atom. The lowest BCUT2D eigenvalue weighted by atomic mass is 10.3. The highest BCUT2D eigenvalue weighted by atomic mass is 19.4. The van der Waals surface area contributed by atoms with Crippen molar-refractivity contribution in [2.75, 3.05) is 0 Å². The Hall–Kier alpha value is -2.91. The normalized spacial score (nSPS) is 11.7. The predicted molar refractivity (Wildman–Crippen MR) is 71.9 cm³/mol. The lowest BCUT2D eigenvalue weighted by molar-refractivity contribution is -0.274. The topological polar surface area (TPSA) is 70.7 Å². The van der Waals surface area contributed by atoms with Gasteiger partial charge in [0.1, 0.15) is 18.1 Å². The molecule has 3 rings (SSSR count). The van der Waals surface area contributed by atoms with Crippen molar-refractivity contribution < 1.29 is 17.9 Å². The van der Waals surface area contributed by atoms with Crippen molar-refractivity contribution >= 4 is 0 Å². The zero-order valence-corrected chi connectivity index (χ0v) is 11.9. The molecule has 0 radical (unpaired) electrons. The number of rotatable bonds is 4. The molecule has 23 heavy (non-hydrogen) atoms. The summed E-state index contributed by atoms with van der Waals surface area (Å²) in [7, 11) is 0. The van der Waals surface area contributed by atoms with Crippen LogP contribution in [0, 0.1) is 6.92 Å². The molecule has 0 amide bonds. The molecule has 3 aromatic rings. The second-order valence-electron chi connectivity index (χ2n) is 4.59. The maximum Gasteiger partial charge on any atom is 0.573 e. The Labute approximate surface area is 128 Å². The Bertz CT molecular complexity index is 779. The second kappa shape index (κ2) is 5.71. The quantitative estimate of drug-likeness (QED) is 0.735. The fourth-order valence-electron chi connectivity index (χ4n) is 2.01. The van der Waals surface area contributed by atoms with Gasteiger partial charge < -0.3 is 4.74 Å². The molecule has 2 heterocycles. The number of ether oxygens (including phenoxy) is 1. The van der Waals surface area contributed by atoms with E-state index >= 15 is 0 Å². The smallest absolute Gasteiger partial charge is 0.406 e. The molecule has 10 heteroatoms. The molecule has 0 atom stereocenters. The maximum absolute atomic E-state index is 12.2. The van der Waals surface area contributed by atoms with Crippen molar-refractivity contribution in [3.8, 4) is 11.4 Å². The van der Waals surface area contributed by atoms with E-state index in [2.05, 4.69) is 25.0 Å². The van der Waals surface area contributed by atoms with Gasteiger partial charge in [0.25, 0.3) is 0 Å². The maximum atomic E-state index is 12.2. The zero-order chi connectivity index (χ0) is 16.4. The first kappa shape index (κ1) is 15.0. The highest BCUT2D eigenvalue weighted by Crippen LogP contribution is 2.23. The van der Waals surface area contributed by atoms with Gasteiger partial charge in [0.05, 0.1) is 18.1 Å². The molecule has 1 aromatic carbocycles. The zero-order valence-electron chi connectivity index (χ0n) is 11.9. The van der Waals surface area contributed by atoms with Crippen LogP contribution in [0.15, 0.2) is 36.7 Å². The average Bonchev–Trinajstić information content (AvgIpc) is 3.08. The van der Waals surface area contributed by atoms with E-state index in [0.717, 1.165) is 0 Å². The van der Waals surface area contributed by atoms with E-state index in [1.54, 1.807) is 6.92 Å². The van der Waals surface area contributed by atoms with Crippen LogP contribution in [0.1, 0.15) is 11.6 Å². The molecule has 0 fully saturated rings. The van der Waals surface area contributed by atoms with Gasteiger partial charge in [0.2, 0.25) is 0 Å². The molecular weight excluding hydrogens is 313 g/mol. The van der Waals surface area contributed by atoms with E-state index in [1.807, 2.05) is 0 Å². The Morgan fingerprint density at radius 3 is 2.35 bits per heavy atom. The lowest BCUT2D eigenvalue weighted by Gasteiger charge is -2.10.